The zero-order valence-corrected chi connectivity index (χ0v) is 31.5. The van der Waals surface area contributed by atoms with Gasteiger partial charge in [0.05, 0.1) is 25.9 Å². The summed E-state index contributed by atoms with van der Waals surface area (Å²) in [6, 6.07) is 0. The number of alkyl halides is 1. The third kappa shape index (κ3) is 9.45. The number of nitrogens with two attached hydrogens (primary N) is 1. The van der Waals surface area contributed by atoms with E-state index in [1.165, 1.54) is 0 Å². The lowest BCUT2D eigenvalue weighted by atomic mass is 9.95. The van der Waals surface area contributed by atoms with Gasteiger partial charge in [-0.3, -0.25) is 0 Å². The molecule has 25 nitrogen and oxygen atoms in total. The molecular weight excluding hydrogens is 885 g/mol. The highest BCUT2D eigenvalue weighted by Gasteiger charge is 2.56. The summed E-state index contributed by atoms with van der Waals surface area (Å²) < 4.78 is 50.0. The highest BCUT2D eigenvalue weighted by Crippen LogP contribution is 2.35. The van der Waals surface area contributed by atoms with Gasteiger partial charge in [0.25, 0.3) is 0 Å². The van der Waals surface area contributed by atoms with Gasteiger partial charge in [0.15, 0.2) is 31.5 Å². The lowest BCUT2D eigenvalue weighted by Gasteiger charge is -2.49. The van der Waals surface area contributed by atoms with E-state index in [1.807, 2.05) is 22.6 Å². The average Bonchev–Trinajstić information content (AvgIpc) is 3.19. The second kappa shape index (κ2) is 20.1. The molecule has 0 saturated carbocycles. The van der Waals surface area contributed by atoms with Gasteiger partial charge in [-0.1, -0.05) is 22.6 Å². The largest absolute Gasteiger partial charge is 0.394 e. The lowest BCUT2D eigenvalue weighted by molar-refractivity contribution is -0.392. The summed E-state index contributed by atoms with van der Waals surface area (Å²) in [5.74, 6) is 0. The minimum atomic E-state index is -2.08. The Labute approximate surface area is 331 Å². The molecule has 25 atom stereocenters. The van der Waals surface area contributed by atoms with Crippen molar-refractivity contribution < 1.29 is 119 Å². The minimum Gasteiger partial charge on any atom is -0.394 e. The van der Waals surface area contributed by atoms with Crippen molar-refractivity contribution in [3.05, 3.63) is 0 Å². The maximum Gasteiger partial charge on any atom is 0.187 e. The topological polar surface area (TPSA) is 413 Å². The number of halogens is 1. The molecule has 0 bridgehead atoms. The van der Waals surface area contributed by atoms with Crippen molar-refractivity contribution in [3.8, 4) is 0 Å². The van der Waals surface area contributed by atoms with E-state index in [9.17, 15) is 76.6 Å². The quantitative estimate of drug-likeness (QED) is 0.0602. The van der Waals surface area contributed by atoms with Crippen LogP contribution in [0.1, 0.15) is 0 Å². The summed E-state index contributed by atoms with van der Waals surface area (Å²) in [5.41, 5.74) is 5.62. The van der Waals surface area contributed by atoms with Crippen molar-refractivity contribution in [2.75, 3.05) is 30.8 Å². The summed E-state index contributed by atoms with van der Waals surface area (Å²) in [6.45, 7) is -3.07. The Hall–Kier alpha value is -0.270. The molecule has 5 aliphatic rings. The molecular formula is C30H52INO24. The summed E-state index contributed by atoms with van der Waals surface area (Å²) in [4.78, 5) is 0. The highest BCUT2D eigenvalue weighted by molar-refractivity contribution is 14.1. The summed E-state index contributed by atoms with van der Waals surface area (Å²) in [6.07, 6.45) is -43.3. The Kier molecular flexibility index (Phi) is 16.8. The Morgan fingerprint density at radius 2 is 0.679 bits per heavy atom. The third-order valence-corrected chi connectivity index (χ3v) is 11.2. The zero-order valence-electron chi connectivity index (χ0n) is 29.3. The van der Waals surface area contributed by atoms with Crippen LogP contribution in [0.2, 0.25) is 0 Å². The number of rotatable bonds is 13. The number of hydrogen-bond acceptors (Lipinski definition) is 25. The van der Waals surface area contributed by atoms with Crippen molar-refractivity contribution in [1.82, 2.24) is 0 Å². The second-order valence-electron chi connectivity index (χ2n) is 14.0. The fourth-order valence-electron chi connectivity index (χ4n) is 7.05. The van der Waals surface area contributed by atoms with Crippen LogP contribution in [0.25, 0.3) is 0 Å². The van der Waals surface area contributed by atoms with Gasteiger partial charge in [-0.15, -0.1) is 0 Å². The van der Waals surface area contributed by atoms with Crippen molar-refractivity contribution >= 4 is 22.6 Å². The molecule has 5 saturated heterocycles. The van der Waals surface area contributed by atoms with Crippen LogP contribution in [0.15, 0.2) is 0 Å². The first-order chi connectivity index (χ1) is 26.5. The molecule has 0 aromatic carbocycles. The first kappa shape index (κ1) is 46.8. The van der Waals surface area contributed by atoms with Crippen molar-refractivity contribution in [3.63, 3.8) is 0 Å². The number of ether oxygens (including phenoxy) is 9. The van der Waals surface area contributed by atoms with Crippen LogP contribution in [0.3, 0.4) is 0 Å². The number of aliphatic hydroxyl groups excluding tert-OH is 15. The van der Waals surface area contributed by atoms with Gasteiger partial charge in [0, 0.05) is 11.0 Å². The minimum absolute atomic E-state index is 0.163. The van der Waals surface area contributed by atoms with Crippen LogP contribution in [0.4, 0.5) is 0 Å². The predicted molar refractivity (Wildman–Crippen MR) is 180 cm³/mol. The molecule has 5 fully saturated rings. The van der Waals surface area contributed by atoms with E-state index >= 15 is 0 Å². The fraction of sp³-hybridized carbons (Fsp3) is 1.00. The summed E-state index contributed by atoms with van der Waals surface area (Å²) >= 11 is 1.86. The van der Waals surface area contributed by atoms with Crippen molar-refractivity contribution in [2.45, 2.75) is 154 Å². The molecule has 0 aliphatic carbocycles. The molecule has 0 amide bonds. The van der Waals surface area contributed by atoms with Crippen LogP contribution < -0.4 is 5.73 Å². The maximum absolute atomic E-state index is 11.1. The van der Waals surface area contributed by atoms with E-state index in [1.54, 1.807) is 0 Å². The van der Waals surface area contributed by atoms with E-state index in [0.29, 0.717) is 0 Å². The van der Waals surface area contributed by atoms with Crippen LogP contribution in [-0.4, -0.2) is 261 Å². The smallest absolute Gasteiger partial charge is 0.187 e. The predicted octanol–water partition coefficient (Wildman–Crippen LogP) is -10.5. The highest BCUT2D eigenvalue weighted by atomic mass is 127. The van der Waals surface area contributed by atoms with Crippen molar-refractivity contribution in [1.29, 1.82) is 0 Å². The van der Waals surface area contributed by atoms with E-state index in [-0.39, 0.29) is 11.0 Å². The van der Waals surface area contributed by atoms with Gasteiger partial charge in [0.2, 0.25) is 0 Å². The van der Waals surface area contributed by atoms with Crippen LogP contribution >= 0.6 is 22.6 Å². The Morgan fingerprint density at radius 3 is 1.00 bits per heavy atom. The van der Waals surface area contributed by atoms with Gasteiger partial charge >= 0.3 is 0 Å². The first-order valence-electron chi connectivity index (χ1n) is 17.7. The molecule has 5 aliphatic heterocycles. The molecule has 1 unspecified atom stereocenters. The van der Waals surface area contributed by atoms with Crippen molar-refractivity contribution in [2.24, 2.45) is 5.73 Å². The second-order valence-corrected chi connectivity index (χ2v) is 14.9. The molecule has 26 heteroatoms. The Balaban J connectivity index is 1.22. The van der Waals surface area contributed by atoms with Gasteiger partial charge < -0.3 is 125 Å². The number of aliphatic hydroxyl groups is 15. The maximum atomic E-state index is 11.1. The molecule has 5 rings (SSSR count). The van der Waals surface area contributed by atoms with E-state index in [4.69, 9.17) is 48.4 Å². The molecule has 0 radical (unpaired) electrons. The van der Waals surface area contributed by atoms with Crippen LogP contribution in [0, 0.1) is 0 Å². The molecule has 17 N–H and O–H groups in total. The molecule has 0 aromatic heterocycles. The number of hydrogen-bond donors (Lipinski definition) is 16. The normalized spacial score (nSPS) is 53.2. The molecule has 0 aromatic rings. The van der Waals surface area contributed by atoms with E-state index in [2.05, 4.69) is 0 Å². The van der Waals surface area contributed by atoms with E-state index < -0.39 is 173 Å². The van der Waals surface area contributed by atoms with Crippen LogP contribution in [-0.2, 0) is 42.6 Å². The SMILES string of the molecule is NC[C@H]1OC(O)[C@H](O)[C@@H](O)[C@@H]1O[C@H]1O[C@H](CO)[C@@H](O[C@H]2O[C@H](CO)[C@@H](O[C@H]3O[C@H](CO)[C@@H](O[C@H]4O[C@H](CI)[C@@H](O)[C@H](O)[C@H]4O)[C@H](O)[C@H]3O)[C@H](O)[C@H]2O)[C@H](O)[C@H]1O. The summed E-state index contributed by atoms with van der Waals surface area (Å²) in [5, 5.41) is 157. The molecule has 56 heavy (non-hydrogen) atoms. The Morgan fingerprint density at radius 1 is 0.375 bits per heavy atom. The van der Waals surface area contributed by atoms with Gasteiger partial charge in [-0.2, -0.15) is 0 Å². The monoisotopic (exact) mass is 937 g/mol. The van der Waals surface area contributed by atoms with Gasteiger partial charge in [-0.05, 0) is 0 Å². The van der Waals surface area contributed by atoms with Gasteiger partial charge in [0.1, 0.15) is 116 Å². The third-order valence-electron chi connectivity index (χ3n) is 10.3. The molecule has 0 spiro atoms. The standard InChI is InChI=1S/C30H52INO24/c31-1-6-11(36)12(37)18(43)27(49-6)54-23-8(3-33)51-29(20(45)15(23)40)56-25-10(5-35)52-30(21(46)16(25)41)55-24-9(4-34)50-28(19(44)14(24)39)53-22-7(2-32)48-26(47)17(42)13(22)38/h6-30,33-47H,1-5,32H2/t6-,7-,8-,9-,10-,11-,12+,13-,14-,15-,16-,17-,18-,19-,20-,21-,22-,23-,24-,25-,26?,27-,28-,29-,30-/m1/s1. The molecule has 5 heterocycles. The zero-order chi connectivity index (χ0) is 41.3. The van der Waals surface area contributed by atoms with Gasteiger partial charge in [-0.25, -0.2) is 0 Å². The molecule has 328 valence electrons. The lowest BCUT2D eigenvalue weighted by Crippen LogP contribution is -2.68. The average molecular weight is 938 g/mol. The summed E-state index contributed by atoms with van der Waals surface area (Å²) in [7, 11) is 0. The Bertz CT molecular complexity index is 1210. The fourth-order valence-corrected chi connectivity index (χ4v) is 7.78. The first-order valence-corrected chi connectivity index (χ1v) is 19.2. The van der Waals surface area contributed by atoms with Crippen LogP contribution in [0.5, 0.6) is 0 Å². The van der Waals surface area contributed by atoms with E-state index in [0.717, 1.165) is 0 Å².